The third kappa shape index (κ3) is 3.59. The monoisotopic (exact) mass is 146 g/mol. The van der Waals surface area contributed by atoms with Gasteiger partial charge in [-0.1, -0.05) is 0 Å². The smallest absolute Gasteiger partial charge is 0.450 e. The van der Waals surface area contributed by atoms with Crippen LogP contribution in [-0.4, -0.2) is 29.9 Å². The summed E-state index contributed by atoms with van der Waals surface area (Å²) in [6.45, 7) is 0. The molecule has 0 rings (SSSR count). The Bertz CT molecular complexity index is 141. The van der Waals surface area contributed by atoms with Crippen LogP contribution in [0, 0.1) is 0 Å². The standard InChI is InChI=1S/C5H6O5/c6-2-1-4(3-7)10-5(8)9/h2-4H,1H2,(H,8,9). The minimum absolute atomic E-state index is 0.226. The second-order valence-corrected chi connectivity index (χ2v) is 1.46. The topological polar surface area (TPSA) is 80.7 Å². The quantitative estimate of drug-likeness (QED) is 0.440. The van der Waals surface area contributed by atoms with Crippen molar-refractivity contribution in [3.8, 4) is 0 Å². The SMILES string of the molecule is O=CCC(C=O)OC(=O)O. The lowest BCUT2D eigenvalue weighted by Gasteiger charge is -2.02. The molecule has 0 saturated carbocycles. The van der Waals surface area contributed by atoms with Crippen molar-refractivity contribution in [2.24, 2.45) is 0 Å². The van der Waals surface area contributed by atoms with E-state index >= 15 is 0 Å². The molecule has 0 spiro atoms. The molecule has 5 heteroatoms. The summed E-state index contributed by atoms with van der Waals surface area (Å²) in [5, 5.41) is 7.94. The van der Waals surface area contributed by atoms with E-state index in [4.69, 9.17) is 5.11 Å². The maximum Gasteiger partial charge on any atom is 0.506 e. The molecule has 0 bridgehead atoms. The van der Waals surface area contributed by atoms with Crippen molar-refractivity contribution in [1.82, 2.24) is 0 Å². The Labute approximate surface area is 56.6 Å². The van der Waals surface area contributed by atoms with Crippen LogP contribution in [0.2, 0.25) is 0 Å². The third-order valence-electron chi connectivity index (χ3n) is 0.733. The van der Waals surface area contributed by atoms with Crippen LogP contribution in [0.15, 0.2) is 0 Å². The molecule has 0 amide bonds. The molecule has 1 N–H and O–H groups in total. The van der Waals surface area contributed by atoms with E-state index in [9.17, 15) is 14.4 Å². The molecule has 0 radical (unpaired) electrons. The largest absolute Gasteiger partial charge is 0.506 e. The fourth-order valence-corrected chi connectivity index (χ4v) is 0.356. The number of hydrogen-bond acceptors (Lipinski definition) is 4. The van der Waals surface area contributed by atoms with E-state index in [1.165, 1.54) is 0 Å². The number of ether oxygens (including phenoxy) is 1. The van der Waals surface area contributed by atoms with E-state index in [2.05, 4.69) is 4.74 Å². The summed E-state index contributed by atoms with van der Waals surface area (Å²) in [5.74, 6) is 0. The lowest BCUT2D eigenvalue weighted by atomic mass is 10.3. The molecule has 0 aliphatic rings. The van der Waals surface area contributed by atoms with Gasteiger partial charge in [-0.2, -0.15) is 0 Å². The number of carbonyl (C=O) groups is 3. The van der Waals surface area contributed by atoms with E-state index in [0.717, 1.165) is 0 Å². The average molecular weight is 146 g/mol. The zero-order valence-electron chi connectivity index (χ0n) is 5.02. The van der Waals surface area contributed by atoms with Gasteiger partial charge in [0, 0.05) is 6.42 Å². The van der Waals surface area contributed by atoms with Crippen molar-refractivity contribution in [1.29, 1.82) is 0 Å². The molecule has 0 fully saturated rings. The van der Waals surface area contributed by atoms with Crippen molar-refractivity contribution in [3.05, 3.63) is 0 Å². The van der Waals surface area contributed by atoms with Gasteiger partial charge in [0.05, 0.1) is 0 Å². The maximum absolute atomic E-state index is 9.88. The minimum atomic E-state index is -1.56. The summed E-state index contributed by atoms with van der Waals surface area (Å²) in [7, 11) is 0. The molecule has 0 aliphatic carbocycles. The Morgan fingerprint density at radius 3 is 2.50 bits per heavy atom. The molecular formula is C5H6O5. The molecule has 0 aliphatic heterocycles. The Kier molecular flexibility index (Phi) is 3.86. The molecule has 0 aromatic heterocycles. The Hall–Kier alpha value is -1.39. The van der Waals surface area contributed by atoms with Crippen LogP contribution in [-0.2, 0) is 14.3 Å². The van der Waals surface area contributed by atoms with Gasteiger partial charge in [-0.3, -0.25) is 4.79 Å². The van der Waals surface area contributed by atoms with Crippen molar-refractivity contribution in [2.75, 3.05) is 0 Å². The van der Waals surface area contributed by atoms with Gasteiger partial charge in [-0.15, -0.1) is 0 Å². The first-order chi connectivity index (χ1) is 4.70. The van der Waals surface area contributed by atoms with E-state index in [0.29, 0.717) is 6.29 Å². The lowest BCUT2D eigenvalue weighted by molar-refractivity contribution is -0.120. The summed E-state index contributed by atoms with van der Waals surface area (Å²) in [6, 6.07) is 0. The van der Waals surface area contributed by atoms with Crippen LogP contribution in [0.5, 0.6) is 0 Å². The molecule has 10 heavy (non-hydrogen) atoms. The summed E-state index contributed by atoms with van der Waals surface area (Å²) in [5.41, 5.74) is 0. The van der Waals surface area contributed by atoms with E-state index in [1.54, 1.807) is 0 Å². The normalized spacial score (nSPS) is 11.6. The van der Waals surface area contributed by atoms with Crippen LogP contribution in [0.3, 0.4) is 0 Å². The zero-order chi connectivity index (χ0) is 7.98. The minimum Gasteiger partial charge on any atom is -0.450 e. The van der Waals surface area contributed by atoms with Crippen LogP contribution >= 0.6 is 0 Å². The average Bonchev–Trinajstić information content (AvgIpc) is 1.86. The Morgan fingerprint density at radius 1 is 1.60 bits per heavy atom. The number of carbonyl (C=O) groups excluding carboxylic acids is 2. The first-order valence-corrected chi connectivity index (χ1v) is 2.49. The zero-order valence-corrected chi connectivity index (χ0v) is 5.02. The van der Waals surface area contributed by atoms with Gasteiger partial charge in [0.2, 0.25) is 0 Å². The second kappa shape index (κ2) is 4.49. The number of rotatable bonds is 4. The summed E-state index contributed by atoms with van der Waals surface area (Å²) < 4.78 is 3.96. The summed E-state index contributed by atoms with van der Waals surface area (Å²) in [4.78, 5) is 29.4. The highest BCUT2D eigenvalue weighted by molar-refractivity contribution is 5.68. The highest BCUT2D eigenvalue weighted by Gasteiger charge is 2.10. The fourth-order valence-electron chi connectivity index (χ4n) is 0.356. The van der Waals surface area contributed by atoms with Gasteiger partial charge in [0.1, 0.15) is 6.29 Å². The second-order valence-electron chi connectivity index (χ2n) is 1.46. The van der Waals surface area contributed by atoms with E-state index < -0.39 is 12.3 Å². The predicted octanol–water partition coefficient (Wildman–Crippen LogP) is -0.162. The van der Waals surface area contributed by atoms with Gasteiger partial charge in [0.15, 0.2) is 12.4 Å². The molecule has 0 saturated heterocycles. The first kappa shape index (κ1) is 8.61. The number of carboxylic acid groups (broad SMARTS) is 1. The Balaban J connectivity index is 3.70. The summed E-state index contributed by atoms with van der Waals surface area (Å²) in [6.07, 6.45) is -2.26. The van der Waals surface area contributed by atoms with Crippen molar-refractivity contribution in [3.63, 3.8) is 0 Å². The summed E-state index contributed by atoms with van der Waals surface area (Å²) >= 11 is 0. The van der Waals surface area contributed by atoms with Crippen LogP contribution in [0.4, 0.5) is 4.79 Å². The lowest BCUT2D eigenvalue weighted by Crippen LogP contribution is -2.18. The van der Waals surface area contributed by atoms with Crippen molar-refractivity contribution in [2.45, 2.75) is 12.5 Å². The van der Waals surface area contributed by atoms with Crippen molar-refractivity contribution < 1.29 is 24.2 Å². The maximum atomic E-state index is 9.88. The van der Waals surface area contributed by atoms with E-state index in [1.807, 2.05) is 0 Å². The van der Waals surface area contributed by atoms with Gasteiger partial charge in [0.25, 0.3) is 0 Å². The molecule has 1 unspecified atom stereocenters. The molecule has 56 valence electrons. The van der Waals surface area contributed by atoms with Crippen molar-refractivity contribution >= 4 is 18.7 Å². The number of hydrogen-bond donors (Lipinski definition) is 1. The number of aldehydes is 2. The molecule has 0 heterocycles. The molecule has 0 aromatic rings. The van der Waals surface area contributed by atoms with Crippen LogP contribution in [0.25, 0.3) is 0 Å². The fraction of sp³-hybridized carbons (Fsp3) is 0.400. The molecule has 0 aromatic carbocycles. The highest BCUT2D eigenvalue weighted by Crippen LogP contribution is 1.91. The van der Waals surface area contributed by atoms with E-state index in [-0.39, 0.29) is 12.7 Å². The van der Waals surface area contributed by atoms with Crippen LogP contribution in [0.1, 0.15) is 6.42 Å². The van der Waals surface area contributed by atoms with Gasteiger partial charge in [-0.25, -0.2) is 4.79 Å². The highest BCUT2D eigenvalue weighted by atomic mass is 16.7. The third-order valence-corrected chi connectivity index (χ3v) is 0.733. The van der Waals surface area contributed by atoms with Gasteiger partial charge < -0.3 is 14.6 Å². The Morgan fingerprint density at radius 2 is 2.20 bits per heavy atom. The van der Waals surface area contributed by atoms with Gasteiger partial charge >= 0.3 is 6.16 Å². The predicted molar refractivity (Wildman–Crippen MR) is 29.6 cm³/mol. The van der Waals surface area contributed by atoms with Gasteiger partial charge in [-0.05, 0) is 0 Å². The first-order valence-electron chi connectivity index (χ1n) is 2.49. The van der Waals surface area contributed by atoms with Crippen LogP contribution < -0.4 is 0 Å². The molecule has 5 nitrogen and oxygen atoms in total. The molecular weight excluding hydrogens is 140 g/mol. The molecule has 1 atom stereocenters.